The van der Waals surface area contributed by atoms with Crippen LogP contribution in [0.5, 0.6) is 0 Å². The highest BCUT2D eigenvalue weighted by Crippen LogP contribution is 2.27. The van der Waals surface area contributed by atoms with Crippen LogP contribution in [0, 0.1) is 6.92 Å². The minimum atomic E-state index is -4.56. The molecule has 0 aliphatic rings. The third-order valence-corrected chi connectivity index (χ3v) is 3.03. The normalized spacial score (nSPS) is 11.8. The highest BCUT2D eigenvalue weighted by atomic mass is 19.4. The number of hydrogen-bond donors (Lipinski definition) is 1. The second-order valence-corrected chi connectivity index (χ2v) is 4.65. The van der Waals surface area contributed by atoms with E-state index in [1.807, 2.05) is 6.92 Å². The summed E-state index contributed by atoms with van der Waals surface area (Å²) in [5.74, 6) is 0.354. The van der Waals surface area contributed by atoms with Crippen LogP contribution in [0.2, 0.25) is 0 Å². The van der Waals surface area contributed by atoms with Gasteiger partial charge in [0.1, 0.15) is 12.0 Å². The molecule has 0 aliphatic carbocycles. The van der Waals surface area contributed by atoms with Gasteiger partial charge in [-0.2, -0.15) is 17.9 Å². The Balaban J connectivity index is 2.04. The minimum absolute atomic E-state index is 0.0197. The zero-order valence-corrected chi connectivity index (χ0v) is 11.3. The van der Waals surface area contributed by atoms with Gasteiger partial charge in [0.15, 0.2) is 11.5 Å². The van der Waals surface area contributed by atoms with E-state index in [9.17, 15) is 18.0 Å². The molecule has 0 fully saturated rings. The van der Waals surface area contributed by atoms with Crippen molar-refractivity contribution in [2.24, 2.45) is 0 Å². The van der Waals surface area contributed by atoms with Crippen molar-refractivity contribution in [1.29, 1.82) is 0 Å². The molecule has 0 aromatic carbocycles. The van der Waals surface area contributed by atoms with Crippen molar-refractivity contribution >= 4 is 0 Å². The van der Waals surface area contributed by atoms with E-state index in [1.165, 1.54) is 12.4 Å². The van der Waals surface area contributed by atoms with Crippen molar-refractivity contribution in [3.05, 3.63) is 58.7 Å². The molecule has 0 bridgehead atoms. The first-order valence-corrected chi connectivity index (χ1v) is 6.21. The van der Waals surface area contributed by atoms with Crippen LogP contribution >= 0.6 is 0 Å². The van der Waals surface area contributed by atoms with E-state index in [1.54, 1.807) is 12.1 Å². The molecule has 1 N–H and O–H groups in total. The van der Waals surface area contributed by atoms with Gasteiger partial charge in [0, 0.05) is 18.6 Å². The number of pyridine rings is 1. The molecule has 3 aromatic rings. The average Bonchev–Trinajstić information content (AvgIpc) is 3.04. The molecule has 0 saturated carbocycles. The van der Waals surface area contributed by atoms with Crippen LogP contribution in [0.15, 0.2) is 41.8 Å². The number of hydrogen-bond acceptors (Lipinski definition) is 3. The lowest BCUT2D eigenvalue weighted by molar-refractivity contribution is -0.140. The molecule has 0 unspecified atom stereocenters. The first kappa shape index (κ1) is 14.1. The van der Waals surface area contributed by atoms with Crippen molar-refractivity contribution in [3.63, 3.8) is 0 Å². The highest BCUT2D eigenvalue weighted by molar-refractivity contribution is 5.33. The molecule has 0 saturated heterocycles. The van der Waals surface area contributed by atoms with Gasteiger partial charge in [-0.1, -0.05) is 0 Å². The summed E-state index contributed by atoms with van der Waals surface area (Å²) < 4.78 is 39.8. The molecule has 9 heteroatoms. The Morgan fingerprint density at radius 2 is 2.05 bits per heavy atom. The van der Waals surface area contributed by atoms with Gasteiger partial charge in [0.25, 0.3) is 5.56 Å². The van der Waals surface area contributed by atoms with Crippen LogP contribution in [-0.2, 0) is 6.18 Å². The number of halogens is 3. The number of nitrogens with one attached hydrogen (secondary N) is 1. The molecule has 3 rings (SSSR count). The van der Waals surface area contributed by atoms with Crippen LogP contribution in [0.4, 0.5) is 13.2 Å². The summed E-state index contributed by atoms with van der Waals surface area (Å²) in [4.78, 5) is 19.6. The first-order valence-electron chi connectivity index (χ1n) is 6.21. The van der Waals surface area contributed by atoms with Gasteiger partial charge in [-0.15, -0.1) is 0 Å². The molecular formula is C13H10F3N5O. The molecule has 0 aliphatic heterocycles. The summed E-state index contributed by atoms with van der Waals surface area (Å²) in [5.41, 5.74) is -0.668. The van der Waals surface area contributed by atoms with Crippen LogP contribution < -0.4 is 5.56 Å². The topological polar surface area (TPSA) is 68.5 Å². The van der Waals surface area contributed by atoms with E-state index < -0.39 is 17.4 Å². The quantitative estimate of drug-likeness (QED) is 0.788. The minimum Gasteiger partial charge on any atom is -0.299 e. The Kier molecular flexibility index (Phi) is 3.12. The number of aromatic nitrogens is 5. The maximum atomic E-state index is 12.6. The predicted octanol–water partition coefficient (Wildman–Crippen LogP) is 2.07. The number of alkyl halides is 3. The third kappa shape index (κ3) is 2.41. The smallest absolute Gasteiger partial charge is 0.299 e. The largest absolute Gasteiger partial charge is 0.434 e. The van der Waals surface area contributed by atoms with Gasteiger partial charge in [-0.05, 0) is 24.6 Å². The monoisotopic (exact) mass is 309 g/mol. The maximum Gasteiger partial charge on any atom is 0.434 e. The number of imidazole rings is 1. The van der Waals surface area contributed by atoms with Crippen molar-refractivity contribution < 1.29 is 13.2 Å². The molecule has 0 atom stereocenters. The SMILES string of the molecule is Cc1ccnc(-n2[nH]cc(-n3cnc(C(F)(F)F)c3)c2=O)c1. The molecule has 0 spiro atoms. The molecule has 6 nitrogen and oxygen atoms in total. The Bertz CT molecular complexity index is 874. The van der Waals surface area contributed by atoms with Gasteiger partial charge in [0.2, 0.25) is 0 Å². The van der Waals surface area contributed by atoms with Crippen LogP contribution in [0.25, 0.3) is 11.5 Å². The molecule has 3 heterocycles. The van der Waals surface area contributed by atoms with Gasteiger partial charge >= 0.3 is 6.18 Å². The molecule has 0 radical (unpaired) electrons. The summed E-state index contributed by atoms with van der Waals surface area (Å²) in [6.45, 7) is 1.84. The average molecular weight is 309 g/mol. The fourth-order valence-electron chi connectivity index (χ4n) is 1.96. The summed E-state index contributed by atoms with van der Waals surface area (Å²) in [6, 6.07) is 3.45. The summed E-state index contributed by atoms with van der Waals surface area (Å²) in [5, 5.41) is 2.68. The lowest BCUT2D eigenvalue weighted by Gasteiger charge is -2.01. The standard InChI is InChI=1S/C13H10F3N5O/c1-8-2-3-17-11(4-8)21-12(22)9(5-19-21)20-6-10(18-7-20)13(14,15)16/h2-7,19H,1H3. The zero-order valence-electron chi connectivity index (χ0n) is 11.3. The van der Waals surface area contributed by atoms with Crippen LogP contribution in [0.1, 0.15) is 11.3 Å². The van der Waals surface area contributed by atoms with E-state index in [0.717, 1.165) is 27.3 Å². The van der Waals surface area contributed by atoms with Crippen molar-refractivity contribution in [1.82, 2.24) is 24.3 Å². The van der Waals surface area contributed by atoms with E-state index in [2.05, 4.69) is 15.1 Å². The van der Waals surface area contributed by atoms with Gasteiger partial charge in [-0.25, -0.2) is 9.97 Å². The van der Waals surface area contributed by atoms with Crippen molar-refractivity contribution in [2.45, 2.75) is 13.1 Å². The number of H-pyrrole nitrogens is 1. The Labute approximate surface area is 121 Å². The van der Waals surface area contributed by atoms with Gasteiger partial charge in [0.05, 0.1) is 0 Å². The first-order chi connectivity index (χ1) is 10.4. The predicted molar refractivity (Wildman–Crippen MR) is 71.0 cm³/mol. The van der Waals surface area contributed by atoms with Gasteiger partial charge < -0.3 is 0 Å². The second-order valence-electron chi connectivity index (χ2n) is 4.65. The fraction of sp³-hybridized carbons (Fsp3) is 0.154. The highest BCUT2D eigenvalue weighted by Gasteiger charge is 2.33. The van der Waals surface area contributed by atoms with E-state index >= 15 is 0 Å². The number of nitrogens with zero attached hydrogens (tertiary/aromatic N) is 4. The van der Waals surface area contributed by atoms with Crippen molar-refractivity contribution in [2.75, 3.05) is 0 Å². The second kappa shape index (κ2) is 4.86. The molecule has 114 valence electrons. The lowest BCUT2D eigenvalue weighted by Crippen LogP contribution is -2.19. The zero-order chi connectivity index (χ0) is 15.9. The third-order valence-electron chi connectivity index (χ3n) is 3.03. The maximum absolute atomic E-state index is 12.6. The summed E-state index contributed by atoms with van der Waals surface area (Å²) in [6.07, 6.45) is -0.0105. The molecule has 22 heavy (non-hydrogen) atoms. The number of aromatic amines is 1. The van der Waals surface area contributed by atoms with E-state index in [4.69, 9.17) is 0 Å². The lowest BCUT2D eigenvalue weighted by atomic mass is 10.3. The summed E-state index contributed by atoms with van der Waals surface area (Å²) >= 11 is 0. The van der Waals surface area contributed by atoms with Crippen LogP contribution in [-0.4, -0.2) is 24.3 Å². The Morgan fingerprint density at radius 1 is 1.27 bits per heavy atom. The van der Waals surface area contributed by atoms with Gasteiger partial charge in [-0.3, -0.25) is 14.5 Å². The Hall–Kier alpha value is -2.84. The Morgan fingerprint density at radius 3 is 2.68 bits per heavy atom. The van der Waals surface area contributed by atoms with E-state index in [-0.39, 0.29) is 5.69 Å². The molecule has 3 aromatic heterocycles. The summed E-state index contributed by atoms with van der Waals surface area (Å²) in [7, 11) is 0. The number of rotatable bonds is 2. The van der Waals surface area contributed by atoms with E-state index in [0.29, 0.717) is 5.82 Å². The molecular weight excluding hydrogens is 299 g/mol. The van der Waals surface area contributed by atoms with Crippen LogP contribution in [0.3, 0.4) is 0 Å². The fourth-order valence-corrected chi connectivity index (χ4v) is 1.96. The molecule has 0 amide bonds. The van der Waals surface area contributed by atoms with Crippen molar-refractivity contribution in [3.8, 4) is 11.5 Å². The number of aryl methyl sites for hydroxylation is 1.